The highest BCUT2D eigenvalue weighted by molar-refractivity contribution is 8.10. The molecule has 2 aromatic rings. The van der Waals surface area contributed by atoms with Gasteiger partial charge in [-0.1, -0.05) is 35.4 Å². The minimum absolute atomic E-state index is 0.00474. The van der Waals surface area contributed by atoms with Gasteiger partial charge in [-0.3, -0.25) is 0 Å². The third-order valence-corrected chi connectivity index (χ3v) is 12.2. The van der Waals surface area contributed by atoms with Gasteiger partial charge in [0.1, 0.15) is 0 Å². The van der Waals surface area contributed by atoms with Gasteiger partial charge >= 0.3 is 0 Å². The summed E-state index contributed by atoms with van der Waals surface area (Å²) in [5.74, 6) is 0. The van der Waals surface area contributed by atoms with Crippen LogP contribution in [0.3, 0.4) is 0 Å². The highest BCUT2D eigenvalue weighted by Crippen LogP contribution is 2.35. The molecular formula is C26H40N4O4S2. The molecule has 0 bridgehead atoms. The molecule has 200 valence electrons. The van der Waals surface area contributed by atoms with Crippen LogP contribution in [0.25, 0.3) is 0 Å². The minimum atomic E-state index is -4.32. The van der Waals surface area contributed by atoms with Crippen molar-refractivity contribution in [3.63, 3.8) is 0 Å². The number of aryl methyl sites for hydroxylation is 2. The molecular weight excluding hydrogens is 496 g/mol. The zero-order valence-corrected chi connectivity index (χ0v) is 23.0. The minimum Gasteiger partial charge on any atom is -0.317 e. The monoisotopic (exact) mass is 536 g/mol. The topological polar surface area (TPSA) is 116 Å². The zero-order chi connectivity index (χ0) is 26.1. The molecule has 1 aliphatic rings. The molecule has 8 nitrogen and oxygen atoms in total. The van der Waals surface area contributed by atoms with Gasteiger partial charge in [-0.15, -0.1) is 0 Å². The highest BCUT2D eigenvalue weighted by atomic mass is 32.3. The van der Waals surface area contributed by atoms with E-state index in [2.05, 4.69) is 21.3 Å². The smallest absolute Gasteiger partial charge is 0.206 e. The van der Waals surface area contributed by atoms with Gasteiger partial charge in [0.25, 0.3) is 0 Å². The van der Waals surface area contributed by atoms with Crippen molar-refractivity contribution in [2.45, 2.75) is 47.0 Å². The lowest BCUT2D eigenvalue weighted by atomic mass is 10.2. The van der Waals surface area contributed by atoms with Crippen LogP contribution in [0.1, 0.15) is 30.4 Å². The lowest BCUT2D eigenvalue weighted by Crippen LogP contribution is -2.59. The Morgan fingerprint density at radius 2 is 0.833 bits per heavy atom. The van der Waals surface area contributed by atoms with Crippen LogP contribution < -0.4 is 21.3 Å². The van der Waals surface area contributed by atoms with Gasteiger partial charge in [0.2, 0.25) is 23.8 Å². The van der Waals surface area contributed by atoms with Crippen LogP contribution in [0.4, 0.5) is 0 Å². The van der Waals surface area contributed by atoms with E-state index in [9.17, 15) is 16.8 Å². The molecule has 0 radical (unpaired) electrons. The maximum atomic E-state index is 14.3. The first-order valence-electron chi connectivity index (χ1n) is 12.7. The number of benzene rings is 2. The lowest BCUT2D eigenvalue weighted by molar-refractivity contribution is 0.480. The SMILES string of the molecule is Cc1ccc(S(=O)(=O)C2(S(=O)(=O)c3ccc(C)cc3)CNCCCNCCCNCCCNC2)cc1. The van der Waals surface area contributed by atoms with E-state index in [1.165, 1.54) is 24.3 Å². The summed E-state index contributed by atoms with van der Waals surface area (Å²) < 4.78 is 54.9. The van der Waals surface area contributed by atoms with Gasteiger partial charge in [-0.05, 0) is 96.6 Å². The Bertz CT molecular complexity index is 1070. The number of hydrogen-bond acceptors (Lipinski definition) is 8. The van der Waals surface area contributed by atoms with Crippen molar-refractivity contribution in [1.82, 2.24) is 21.3 Å². The molecule has 0 aromatic heterocycles. The van der Waals surface area contributed by atoms with E-state index in [4.69, 9.17) is 0 Å². The number of rotatable bonds is 4. The van der Waals surface area contributed by atoms with E-state index in [-0.39, 0.29) is 22.9 Å². The molecule has 4 N–H and O–H groups in total. The van der Waals surface area contributed by atoms with E-state index in [0.717, 1.165) is 56.6 Å². The molecule has 10 heteroatoms. The van der Waals surface area contributed by atoms with Gasteiger partial charge in [0, 0.05) is 13.1 Å². The molecule has 0 saturated carbocycles. The Kier molecular flexibility index (Phi) is 10.5. The standard InChI is InChI=1S/C26H40N4O4S2/c1-22-6-10-24(11-7-22)35(31,32)26(36(33,34)25-12-8-23(2)9-13-25)20-29-18-4-16-27-14-3-15-28-17-5-19-30-21-26/h6-13,27-30H,3-5,14-21H2,1-2H3. The first kappa shape index (κ1) is 28.7. The second-order valence-electron chi connectivity index (χ2n) is 9.46. The molecule has 0 amide bonds. The second-order valence-corrected chi connectivity index (χ2v) is 14.2. The predicted octanol–water partition coefficient (Wildman–Crippen LogP) is 1.79. The van der Waals surface area contributed by atoms with E-state index in [1.54, 1.807) is 24.3 Å². The molecule has 3 rings (SSSR count). The van der Waals surface area contributed by atoms with Crippen LogP contribution in [-0.4, -0.2) is 73.3 Å². The maximum absolute atomic E-state index is 14.3. The molecule has 1 saturated heterocycles. The second kappa shape index (κ2) is 13.1. The fourth-order valence-electron chi connectivity index (χ4n) is 4.27. The summed E-state index contributed by atoms with van der Waals surface area (Å²) in [4.78, 5) is 0.00949. The quantitative estimate of drug-likeness (QED) is 0.468. The van der Waals surface area contributed by atoms with E-state index < -0.39 is 23.8 Å². The van der Waals surface area contributed by atoms with Crippen LogP contribution >= 0.6 is 0 Å². The summed E-state index contributed by atoms with van der Waals surface area (Å²) in [6, 6.07) is 12.8. The first-order valence-corrected chi connectivity index (χ1v) is 15.6. The fraction of sp³-hybridized carbons (Fsp3) is 0.538. The molecule has 1 fully saturated rings. The number of nitrogens with one attached hydrogen (secondary N) is 4. The Morgan fingerprint density at radius 1 is 0.528 bits per heavy atom. The Labute approximate surface area is 216 Å². The fourth-order valence-corrected chi connectivity index (χ4v) is 9.02. The van der Waals surface area contributed by atoms with Crippen molar-refractivity contribution >= 4 is 19.7 Å². The Hall–Kier alpha value is -1.82. The third kappa shape index (κ3) is 6.73. The molecule has 0 aliphatic carbocycles. The van der Waals surface area contributed by atoms with Crippen LogP contribution in [0.5, 0.6) is 0 Å². The summed E-state index contributed by atoms with van der Waals surface area (Å²) in [6.07, 6.45) is 2.55. The van der Waals surface area contributed by atoms with Crippen molar-refractivity contribution in [2.75, 3.05) is 52.4 Å². The van der Waals surface area contributed by atoms with Crippen molar-refractivity contribution in [3.05, 3.63) is 59.7 Å². The molecule has 36 heavy (non-hydrogen) atoms. The van der Waals surface area contributed by atoms with Crippen molar-refractivity contribution in [1.29, 1.82) is 0 Å². The summed E-state index contributed by atoms with van der Waals surface area (Å²) in [5.41, 5.74) is 1.80. The highest BCUT2D eigenvalue weighted by Gasteiger charge is 2.55. The van der Waals surface area contributed by atoms with E-state index in [0.29, 0.717) is 13.1 Å². The van der Waals surface area contributed by atoms with Gasteiger partial charge in [-0.25, -0.2) is 16.8 Å². The van der Waals surface area contributed by atoms with Crippen LogP contribution in [0, 0.1) is 13.8 Å². The van der Waals surface area contributed by atoms with Crippen LogP contribution in [-0.2, 0) is 19.7 Å². The van der Waals surface area contributed by atoms with Crippen LogP contribution in [0.15, 0.2) is 58.3 Å². The van der Waals surface area contributed by atoms with Crippen molar-refractivity contribution in [3.8, 4) is 0 Å². The Balaban J connectivity index is 2.07. The van der Waals surface area contributed by atoms with Crippen LogP contribution in [0.2, 0.25) is 0 Å². The van der Waals surface area contributed by atoms with Gasteiger partial charge in [0.15, 0.2) is 0 Å². The summed E-state index contributed by atoms with van der Waals surface area (Å²) in [6.45, 7) is 7.65. The number of sulfone groups is 2. The average Bonchev–Trinajstić information content (AvgIpc) is 2.84. The van der Waals surface area contributed by atoms with E-state index >= 15 is 0 Å². The first-order chi connectivity index (χ1) is 17.2. The molecule has 0 spiro atoms. The average molecular weight is 537 g/mol. The molecule has 1 aliphatic heterocycles. The zero-order valence-electron chi connectivity index (χ0n) is 21.3. The summed E-state index contributed by atoms with van der Waals surface area (Å²) in [5, 5.41) is 13.1. The van der Waals surface area contributed by atoms with Crippen molar-refractivity contribution < 1.29 is 16.8 Å². The largest absolute Gasteiger partial charge is 0.317 e. The number of hydrogen-bond donors (Lipinski definition) is 4. The summed E-state index contributed by atoms with van der Waals surface area (Å²) >= 11 is 0. The molecule has 0 atom stereocenters. The van der Waals surface area contributed by atoms with Gasteiger partial charge < -0.3 is 21.3 Å². The molecule has 2 aromatic carbocycles. The third-order valence-electron chi connectivity index (χ3n) is 6.55. The molecule has 1 heterocycles. The predicted molar refractivity (Wildman–Crippen MR) is 145 cm³/mol. The normalized spacial score (nSPS) is 19.5. The van der Waals surface area contributed by atoms with E-state index in [1.807, 2.05) is 13.8 Å². The molecule has 0 unspecified atom stereocenters. The van der Waals surface area contributed by atoms with Gasteiger partial charge in [-0.2, -0.15) is 0 Å². The summed E-state index contributed by atoms with van der Waals surface area (Å²) in [7, 11) is -8.64. The maximum Gasteiger partial charge on any atom is 0.206 e. The lowest BCUT2D eigenvalue weighted by Gasteiger charge is -2.34. The van der Waals surface area contributed by atoms with Gasteiger partial charge in [0.05, 0.1) is 9.79 Å². The van der Waals surface area contributed by atoms with Crippen molar-refractivity contribution in [2.24, 2.45) is 0 Å². The Morgan fingerprint density at radius 3 is 1.17 bits per heavy atom.